The number of halogens is 2. The summed E-state index contributed by atoms with van der Waals surface area (Å²) in [7, 11) is 0. The van der Waals surface area contributed by atoms with Gasteiger partial charge < -0.3 is 5.73 Å². The van der Waals surface area contributed by atoms with Gasteiger partial charge in [0.15, 0.2) is 0 Å². The first-order valence-corrected chi connectivity index (χ1v) is 5.82. The third kappa shape index (κ3) is 2.55. The van der Waals surface area contributed by atoms with Gasteiger partial charge in [-0.05, 0) is 23.6 Å². The second kappa shape index (κ2) is 4.58. The van der Waals surface area contributed by atoms with Crippen molar-refractivity contribution < 1.29 is 0 Å². The number of hydrogen-bond acceptors (Lipinski definition) is 1. The lowest BCUT2D eigenvalue weighted by molar-refractivity contribution is 0.511. The molecule has 3 heteroatoms. The quantitative estimate of drug-likeness (QED) is 0.882. The summed E-state index contributed by atoms with van der Waals surface area (Å²) in [5.41, 5.74) is 7.23. The summed E-state index contributed by atoms with van der Waals surface area (Å²) in [6.45, 7) is 4.24. The normalized spacial score (nSPS) is 13.4. The van der Waals surface area contributed by atoms with Crippen LogP contribution in [-0.4, -0.2) is 0 Å². The first-order valence-electron chi connectivity index (χ1n) is 4.23. The Morgan fingerprint density at radius 1 is 1.15 bits per heavy atom. The number of benzene rings is 1. The van der Waals surface area contributed by atoms with Gasteiger partial charge >= 0.3 is 0 Å². The average molecular weight is 307 g/mol. The Kier molecular flexibility index (Phi) is 3.95. The van der Waals surface area contributed by atoms with Gasteiger partial charge in [-0.25, -0.2) is 0 Å². The van der Waals surface area contributed by atoms with Crippen molar-refractivity contribution in [2.24, 2.45) is 11.7 Å². The molecule has 72 valence electrons. The van der Waals surface area contributed by atoms with Crippen LogP contribution in [0.4, 0.5) is 0 Å². The van der Waals surface area contributed by atoms with Gasteiger partial charge in [-0.3, -0.25) is 0 Å². The summed E-state index contributed by atoms with van der Waals surface area (Å²) in [6, 6.07) is 6.10. The van der Waals surface area contributed by atoms with Gasteiger partial charge in [0.1, 0.15) is 0 Å². The van der Waals surface area contributed by atoms with Crippen molar-refractivity contribution in [3.63, 3.8) is 0 Å². The van der Waals surface area contributed by atoms with E-state index in [1.54, 1.807) is 0 Å². The number of nitrogens with two attached hydrogens (primary N) is 1. The lowest BCUT2D eigenvalue weighted by Crippen LogP contribution is -2.17. The zero-order chi connectivity index (χ0) is 10.0. The molecule has 1 unspecified atom stereocenters. The van der Waals surface area contributed by atoms with Gasteiger partial charge in [0.2, 0.25) is 0 Å². The predicted octanol–water partition coefficient (Wildman–Crippen LogP) is 3.87. The molecule has 0 fully saturated rings. The maximum Gasteiger partial charge on any atom is 0.0340 e. The van der Waals surface area contributed by atoms with E-state index in [1.807, 2.05) is 18.2 Å². The zero-order valence-electron chi connectivity index (χ0n) is 7.72. The van der Waals surface area contributed by atoms with Crippen molar-refractivity contribution in [2.45, 2.75) is 19.9 Å². The summed E-state index contributed by atoms with van der Waals surface area (Å²) in [4.78, 5) is 0. The number of rotatable bonds is 2. The van der Waals surface area contributed by atoms with E-state index in [2.05, 4.69) is 45.7 Å². The summed E-state index contributed by atoms with van der Waals surface area (Å²) >= 11 is 7.01. The molecule has 2 N–H and O–H groups in total. The van der Waals surface area contributed by atoms with Crippen molar-refractivity contribution in [2.75, 3.05) is 0 Å². The van der Waals surface area contributed by atoms with E-state index >= 15 is 0 Å². The largest absolute Gasteiger partial charge is 0.324 e. The van der Waals surface area contributed by atoms with Gasteiger partial charge in [-0.2, -0.15) is 0 Å². The molecule has 1 atom stereocenters. The van der Waals surface area contributed by atoms with Gasteiger partial charge in [-0.1, -0.05) is 51.8 Å². The highest BCUT2D eigenvalue weighted by atomic mass is 79.9. The first kappa shape index (κ1) is 11.2. The van der Waals surface area contributed by atoms with Crippen LogP contribution in [0.2, 0.25) is 0 Å². The summed E-state index contributed by atoms with van der Waals surface area (Å²) < 4.78 is 2.14. The molecule has 0 aromatic heterocycles. The van der Waals surface area contributed by atoms with Crippen LogP contribution in [0.3, 0.4) is 0 Å². The van der Waals surface area contributed by atoms with Crippen molar-refractivity contribution >= 4 is 31.9 Å². The summed E-state index contributed by atoms with van der Waals surface area (Å²) in [5, 5.41) is 0. The lowest BCUT2D eigenvalue weighted by Gasteiger charge is -2.19. The molecule has 1 rings (SSSR count). The Labute approximate surface area is 96.0 Å². The highest BCUT2D eigenvalue weighted by Crippen LogP contribution is 2.32. The minimum Gasteiger partial charge on any atom is -0.324 e. The molecule has 0 spiro atoms. The van der Waals surface area contributed by atoms with Crippen LogP contribution in [0, 0.1) is 5.92 Å². The highest BCUT2D eigenvalue weighted by Gasteiger charge is 2.15. The fraction of sp³-hybridized carbons (Fsp3) is 0.400. The van der Waals surface area contributed by atoms with E-state index in [1.165, 1.54) is 0 Å². The van der Waals surface area contributed by atoms with Crippen LogP contribution in [0.25, 0.3) is 0 Å². The minimum absolute atomic E-state index is 0.0740. The van der Waals surface area contributed by atoms with E-state index in [0.29, 0.717) is 5.92 Å². The van der Waals surface area contributed by atoms with Crippen LogP contribution < -0.4 is 5.73 Å². The zero-order valence-corrected chi connectivity index (χ0v) is 10.9. The second-order valence-corrected chi connectivity index (χ2v) is 5.11. The molecule has 0 saturated heterocycles. The monoisotopic (exact) mass is 305 g/mol. The van der Waals surface area contributed by atoms with E-state index in [4.69, 9.17) is 5.73 Å². The Bertz CT molecular complexity index is 277. The number of hydrogen-bond donors (Lipinski definition) is 1. The van der Waals surface area contributed by atoms with E-state index in [9.17, 15) is 0 Å². The van der Waals surface area contributed by atoms with Gasteiger partial charge in [0.25, 0.3) is 0 Å². The first-order chi connectivity index (χ1) is 6.04. The van der Waals surface area contributed by atoms with Crippen LogP contribution in [0.5, 0.6) is 0 Å². The van der Waals surface area contributed by atoms with Crippen LogP contribution in [0.1, 0.15) is 25.5 Å². The Morgan fingerprint density at radius 2 is 1.62 bits per heavy atom. The van der Waals surface area contributed by atoms with Gasteiger partial charge in [-0.15, -0.1) is 0 Å². The van der Waals surface area contributed by atoms with Gasteiger partial charge in [0, 0.05) is 15.0 Å². The van der Waals surface area contributed by atoms with E-state index in [-0.39, 0.29) is 6.04 Å². The smallest absolute Gasteiger partial charge is 0.0340 e. The molecule has 0 aliphatic heterocycles. The molecule has 0 saturated carbocycles. The van der Waals surface area contributed by atoms with Crippen molar-refractivity contribution in [3.8, 4) is 0 Å². The Balaban J connectivity index is 3.12. The lowest BCUT2D eigenvalue weighted by atomic mass is 9.97. The third-order valence-electron chi connectivity index (χ3n) is 2.05. The predicted molar refractivity (Wildman–Crippen MR) is 63.6 cm³/mol. The molecule has 0 heterocycles. The topological polar surface area (TPSA) is 26.0 Å². The highest BCUT2D eigenvalue weighted by molar-refractivity contribution is 9.11. The average Bonchev–Trinajstić information content (AvgIpc) is 2.03. The van der Waals surface area contributed by atoms with E-state index in [0.717, 1.165) is 14.5 Å². The molecule has 0 radical (unpaired) electrons. The minimum atomic E-state index is 0.0740. The molecule has 13 heavy (non-hydrogen) atoms. The molecular weight excluding hydrogens is 294 g/mol. The maximum absolute atomic E-state index is 6.08. The molecule has 0 aliphatic rings. The molecule has 0 amide bonds. The molecule has 1 aromatic rings. The summed E-state index contributed by atoms with van der Waals surface area (Å²) in [6.07, 6.45) is 0. The van der Waals surface area contributed by atoms with Crippen LogP contribution in [0.15, 0.2) is 27.1 Å². The van der Waals surface area contributed by atoms with Crippen LogP contribution >= 0.6 is 31.9 Å². The van der Waals surface area contributed by atoms with Crippen molar-refractivity contribution in [3.05, 3.63) is 32.7 Å². The second-order valence-electron chi connectivity index (χ2n) is 3.41. The molecular formula is C10H13Br2N. The van der Waals surface area contributed by atoms with Crippen molar-refractivity contribution in [1.82, 2.24) is 0 Å². The standard InChI is InChI=1S/C10H13Br2N/c1-6(2)10(13)9-7(11)4-3-5-8(9)12/h3-6,10H,13H2,1-2H3. The maximum atomic E-state index is 6.08. The third-order valence-corrected chi connectivity index (χ3v) is 3.43. The fourth-order valence-electron chi connectivity index (χ4n) is 1.16. The SMILES string of the molecule is CC(C)C(N)c1c(Br)cccc1Br. The summed E-state index contributed by atoms with van der Waals surface area (Å²) in [5.74, 6) is 0.440. The molecule has 1 nitrogen and oxygen atoms in total. The van der Waals surface area contributed by atoms with Crippen LogP contribution in [-0.2, 0) is 0 Å². The molecule has 1 aromatic carbocycles. The molecule has 0 bridgehead atoms. The van der Waals surface area contributed by atoms with E-state index < -0.39 is 0 Å². The fourth-order valence-corrected chi connectivity index (χ4v) is 2.69. The Morgan fingerprint density at radius 3 is 2.00 bits per heavy atom. The Hall–Kier alpha value is 0.140. The molecule has 0 aliphatic carbocycles. The van der Waals surface area contributed by atoms with Crippen molar-refractivity contribution in [1.29, 1.82) is 0 Å². The van der Waals surface area contributed by atoms with Gasteiger partial charge in [0.05, 0.1) is 0 Å².